The van der Waals surface area contributed by atoms with Gasteiger partial charge in [0.05, 0.1) is 16.5 Å². The molecular formula is C33H30Cl3N5O8. The van der Waals surface area contributed by atoms with Crippen molar-refractivity contribution in [3.8, 4) is 0 Å². The lowest BCUT2D eigenvalue weighted by Crippen LogP contribution is -2.57. The zero-order valence-electron chi connectivity index (χ0n) is 25.5. The van der Waals surface area contributed by atoms with Crippen LogP contribution in [-0.4, -0.2) is 68.9 Å². The van der Waals surface area contributed by atoms with E-state index in [0.717, 1.165) is 0 Å². The molecule has 0 aliphatic rings. The summed E-state index contributed by atoms with van der Waals surface area (Å²) in [5.41, 5.74) is 1.54. The maximum Gasteiger partial charge on any atom is 0.305 e. The number of para-hydroxylation sites is 1. The van der Waals surface area contributed by atoms with Crippen molar-refractivity contribution in [3.63, 3.8) is 0 Å². The summed E-state index contributed by atoms with van der Waals surface area (Å²) in [4.78, 5) is 79.5. The number of nitrogens with one attached hydrogen (secondary N) is 5. The summed E-state index contributed by atoms with van der Waals surface area (Å²) in [5.74, 6) is -6.15. The second-order valence-corrected chi connectivity index (χ2v) is 12.2. The van der Waals surface area contributed by atoms with Crippen LogP contribution in [0.2, 0.25) is 15.1 Å². The predicted octanol–water partition coefficient (Wildman–Crippen LogP) is 4.42. The van der Waals surface area contributed by atoms with E-state index in [2.05, 4.69) is 26.3 Å². The number of fused-ring (bicyclic) bond motifs is 1. The van der Waals surface area contributed by atoms with Gasteiger partial charge >= 0.3 is 11.9 Å². The summed E-state index contributed by atoms with van der Waals surface area (Å²) in [7, 11) is 0. The van der Waals surface area contributed by atoms with E-state index in [1.54, 1.807) is 54.6 Å². The summed E-state index contributed by atoms with van der Waals surface area (Å²) in [6.07, 6.45) is -1.89. The maximum atomic E-state index is 13.7. The molecule has 0 unspecified atom stereocenters. The fraction of sp³-hybridized carbons (Fsp3) is 0.212. The quantitative estimate of drug-likeness (QED) is 0.0930. The number of carbonyl (C=O) groups excluding carboxylic acids is 4. The summed E-state index contributed by atoms with van der Waals surface area (Å²) in [6, 6.07) is 14.7. The number of halogens is 3. The van der Waals surface area contributed by atoms with Crippen molar-refractivity contribution in [2.24, 2.45) is 0 Å². The summed E-state index contributed by atoms with van der Waals surface area (Å²) in [5, 5.41) is 30.2. The van der Waals surface area contributed by atoms with Gasteiger partial charge in [-0.2, -0.15) is 0 Å². The number of carboxylic acids is 2. The zero-order valence-corrected chi connectivity index (χ0v) is 27.7. The van der Waals surface area contributed by atoms with E-state index >= 15 is 0 Å². The third-order valence-electron chi connectivity index (χ3n) is 7.21. The van der Waals surface area contributed by atoms with Crippen molar-refractivity contribution in [2.45, 2.75) is 43.8 Å². The third kappa shape index (κ3) is 10.7. The van der Waals surface area contributed by atoms with Gasteiger partial charge in [-0.3, -0.25) is 28.8 Å². The van der Waals surface area contributed by atoms with E-state index in [9.17, 15) is 39.0 Å². The molecule has 0 spiro atoms. The van der Waals surface area contributed by atoms with Crippen LogP contribution < -0.4 is 21.3 Å². The molecular weight excluding hydrogens is 701 g/mol. The second-order valence-electron chi connectivity index (χ2n) is 10.9. The van der Waals surface area contributed by atoms with Gasteiger partial charge in [0.1, 0.15) is 23.8 Å². The Balaban J connectivity index is 1.57. The summed E-state index contributed by atoms with van der Waals surface area (Å²) in [6.45, 7) is 0. The van der Waals surface area contributed by atoms with Crippen molar-refractivity contribution in [2.75, 3.05) is 5.32 Å². The Morgan fingerprint density at radius 2 is 1.39 bits per heavy atom. The van der Waals surface area contributed by atoms with E-state index in [0.29, 0.717) is 27.2 Å². The minimum Gasteiger partial charge on any atom is -0.481 e. The smallest absolute Gasteiger partial charge is 0.305 e. The first-order valence-corrected chi connectivity index (χ1v) is 15.9. The van der Waals surface area contributed by atoms with E-state index in [1.807, 2.05) is 0 Å². The Bertz CT molecular complexity index is 1880. The molecule has 49 heavy (non-hydrogen) atoms. The fourth-order valence-corrected chi connectivity index (χ4v) is 5.29. The first kappa shape index (κ1) is 36.7. The normalized spacial score (nSPS) is 12.7. The van der Waals surface area contributed by atoms with Gasteiger partial charge in [-0.15, -0.1) is 0 Å². The Labute approximate surface area is 294 Å². The van der Waals surface area contributed by atoms with Crippen molar-refractivity contribution >= 4 is 87.0 Å². The number of aliphatic carboxylic acids is 2. The number of rotatable bonds is 15. The zero-order chi connectivity index (χ0) is 35.7. The Hall–Kier alpha value is -5.11. The lowest BCUT2D eigenvalue weighted by Gasteiger charge is -2.24. The second kappa shape index (κ2) is 16.8. The fourth-order valence-electron chi connectivity index (χ4n) is 4.79. The molecule has 4 rings (SSSR count). The molecule has 7 N–H and O–H groups in total. The average molecular weight is 731 g/mol. The number of carbonyl (C=O) groups is 6. The largest absolute Gasteiger partial charge is 0.481 e. The standard InChI is InChI=1S/C33H30Cl3N5O8/c34-19-7-9-23-18(14-19)15-26(38-23)32(48)40-25(13-17-6-8-21(35)22(36)12-17)31(47)41-27(16-29(44)45)33(49)39-24(10-11-28(42)43)30(46)37-20-4-2-1-3-5-20/h1-9,12,14-15,24-25,27,38H,10-11,13,16H2,(H,37,46)(H,39,49)(H,40,48)(H,41,47)(H,42,43)(H,44,45)/t24-,25-,27-/m0/s1. The maximum absolute atomic E-state index is 13.7. The van der Waals surface area contributed by atoms with Gasteiger partial charge in [-0.05, 0) is 60.5 Å². The molecule has 3 aromatic carbocycles. The van der Waals surface area contributed by atoms with Crippen LogP contribution in [0.5, 0.6) is 0 Å². The van der Waals surface area contributed by atoms with Crippen LogP contribution in [0.3, 0.4) is 0 Å². The van der Waals surface area contributed by atoms with Gasteiger partial charge in [0.25, 0.3) is 5.91 Å². The van der Waals surface area contributed by atoms with Crippen molar-refractivity contribution in [3.05, 3.63) is 99.1 Å². The molecule has 256 valence electrons. The monoisotopic (exact) mass is 729 g/mol. The Morgan fingerprint density at radius 3 is 2.06 bits per heavy atom. The lowest BCUT2D eigenvalue weighted by molar-refractivity contribution is -0.141. The topological polar surface area (TPSA) is 207 Å². The van der Waals surface area contributed by atoms with Crippen LogP contribution in [0.25, 0.3) is 10.9 Å². The minimum absolute atomic E-state index is 0.0923. The van der Waals surface area contributed by atoms with E-state index in [4.69, 9.17) is 34.8 Å². The number of benzene rings is 3. The van der Waals surface area contributed by atoms with Crippen molar-refractivity contribution < 1.29 is 39.0 Å². The minimum atomic E-state index is -1.73. The molecule has 0 saturated carbocycles. The highest BCUT2D eigenvalue weighted by Gasteiger charge is 2.32. The molecule has 0 fully saturated rings. The van der Waals surface area contributed by atoms with Gasteiger partial charge in [0.15, 0.2) is 0 Å². The Morgan fingerprint density at radius 1 is 0.694 bits per heavy atom. The molecule has 1 heterocycles. The number of hydrogen-bond acceptors (Lipinski definition) is 6. The van der Waals surface area contributed by atoms with Crippen LogP contribution in [0.4, 0.5) is 5.69 Å². The highest BCUT2D eigenvalue weighted by molar-refractivity contribution is 6.42. The molecule has 0 saturated heterocycles. The molecule has 13 nitrogen and oxygen atoms in total. The first-order valence-electron chi connectivity index (χ1n) is 14.7. The number of hydrogen-bond donors (Lipinski definition) is 7. The SMILES string of the molecule is O=C(O)CC[C@H](NC(=O)[C@H](CC(=O)O)NC(=O)[C@H](Cc1ccc(Cl)c(Cl)c1)NC(=O)c1cc2cc(Cl)ccc2[nH]1)C(=O)Nc1ccccc1. The number of aromatic nitrogens is 1. The van der Waals surface area contributed by atoms with E-state index in [-0.39, 0.29) is 28.6 Å². The number of anilines is 1. The molecule has 0 radical (unpaired) electrons. The van der Waals surface area contributed by atoms with Gasteiger partial charge in [-0.25, -0.2) is 0 Å². The van der Waals surface area contributed by atoms with Crippen molar-refractivity contribution in [1.29, 1.82) is 0 Å². The predicted molar refractivity (Wildman–Crippen MR) is 183 cm³/mol. The summed E-state index contributed by atoms with van der Waals surface area (Å²) >= 11 is 18.3. The number of carboxylic acid groups (broad SMARTS) is 2. The number of aromatic amines is 1. The third-order valence-corrected chi connectivity index (χ3v) is 8.18. The highest BCUT2D eigenvalue weighted by atomic mass is 35.5. The molecule has 16 heteroatoms. The van der Waals surface area contributed by atoms with Crippen LogP contribution in [-0.2, 0) is 30.4 Å². The molecule has 0 bridgehead atoms. The van der Waals surface area contributed by atoms with Crippen LogP contribution in [0.15, 0.2) is 72.8 Å². The highest BCUT2D eigenvalue weighted by Crippen LogP contribution is 2.24. The first-order chi connectivity index (χ1) is 23.3. The van der Waals surface area contributed by atoms with Gasteiger partial charge in [0, 0.05) is 34.5 Å². The molecule has 4 amide bonds. The van der Waals surface area contributed by atoms with E-state index in [1.165, 1.54) is 18.2 Å². The van der Waals surface area contributed by atoms with Gasteiger partial charge in [0.2, 0.25) is 17.7 Å². The summed E-state index contributed by atoms with van der Waals surface area (Å²) < 4.78 is 0. The van der Waals surface area contributed by atoms with E-state index < -0.39 is 66.5 Å². The van der Waals surface area contributed by atoms with Gasteiger partial charge in [-0.1, -0.05) is 59.1 Å². The molecule has 4 aromatic rings. The van der Waals surface area contributed by atoms with Crippen molar-refractivity contribution in [1.82, 2.24) is 20.9 Å². The molecule has 3 atom stereocenters. The number of H-pyrrole nitrogens is 1. The lowest BCUT2D eigenvalue weighted by atomic mass is 10.0. The van der Waals surface area contributed by atoms with Crippen LogP contribution in [0, 0.1) is 0 Å². The Kier molecular flexibility index (Phi) is 12.6. The van der Waals surface area contributed by atoms with Crippen LogP contribution in [0.1, 0.15) is 35.3 Å². The van der Waals surface area contributed by atoms with Crippen LogP contribution >= 0.6 is 34.8 Å². The number of amides is 4. The molecule has 0 aliphatic carbocycles. The molecule has 0 aliphatic heterocycles. The average Bonchev–Trinajstić information content (AvgIpc) is 3.47. The van der Waals surface area contributed by atoms with Gasteiger partial charge < -0.3 is 36.5 Å². The molecule has 1 aromatic heterocycles.